The molecule has 1 rings (SSSR count). The van der Waals surface area contributed by atoms with Crippen molar-refractivity contribution in [1.82, 2.24) is 0 Å². The zero-order chi connectivity index (χ0) is 17.1. The average Bonchev–Trinajstić information content (AvgIpc) is 2.58. The first-order valence-electron chi connectivity index (χ1n) is 9.05. The summed E-state index contributed by atoms with van der Waals surface area (Å²) < 4.78 is 22.4. The van der Waals surface area contributed by atoms with E-state index in [2.05, 4.69) is 6.92 Å². The molecule has 0 spiro atoms. The molecule has 1 aliphatic rings. The van der Waals surface area contributed by atoms with Crippen LogP contribution in [0.3, 0.4) is 0 Å². The van der Waals surface area contributed by atoms with Crippen LogP contribution in [0.25, 0.3) is 0 Å². The van der Waals surface area contributed by atoms with Crippen molar-refractivity contribution in [3.8, 4) is 0 Å². The fourth-order valence-corrected chi connectivity index (χ4v) is 5.21. The first kappa shape index (κ1) is 21.1. The van der Waals surface area contributed by atoms with Gasteiger partial charge in [0.25, 0.3) is 0 Å². The molecule has 0 aliphatic heterocycles. The lowest BCUT2D eigenvalue weighted by Crippen LogP contribution is -2.43. The normalized spacial score (nSPS) is 25.7. The van der Waals surface area contributed by atoms with Gasteiger partial charge in [0, 0.05) is 34.0 Å². The summed E-state index contributed by atoms with van der Waals surface area (Å²) in [6.45, 7) is 2.97. The minimum absolute atomic E-state index is 0.0147. The molecule has 0 heterocycles. The summed E-state index contributed by atoms with van der Waals surface area (Å²) in [6.07, 6.45) is 8.27. The van der Waals surface area contributed by atoms with Gasteiger partial charge in [-0.2, -0.15) is 0 Å². The van der Waals surface area contributed by atoms with E-state index in [-0.39, 0.29) is 12.2 Å². The minimum Gasteiger partial charge on any atom is -0.390 e. The van der Waals surface area contributed by atoms with E-state index in [1.54, 1.807) is 21.3 Å². The van der Waals surface area contributed by atoms with Crippen molar-refractivity contribution in [3.63, 3.8) is 0 Å². The van der Waals surface area contributed by atoms with Crippen LogP contribution in [0.2, 0.25) is 6.04 Å². The van der Waals surface area contributed by atoms with Gasteiger partial charge in [0.2, 0.25) is 0 Å². The van der Waals surface area contributed by atoms with Gasteiger partial charge in [-0.15, -0.1) is 0 Å². The SMILES string of the molecule is CCCCCCOC1CC(CC[Si](OC)(OC)OC)CCC1O. The summed E-state index contributed by atoms with van der Waals surface area (Å²) in [5.41, 5.74) is 0. The van der Waals surface area contributed by atoms with Crippen molar-refractivity contribution in [3.05, 3.63) is 0 Å². The fourth-order valence-electron chi connectivity index (χ4n) is 3.34. The summed E-state index contributed by atoms with van der Waals surface area (Å²) in [6, 6.07) is 0.820. The molecule has 1 aliphatic carbocycles. The Morgan fingerprint density at radius 3 is 2.30 bits per heavy atom. The Morgan fingerprint density at radius 2 is 1.70 bits per heavy atom. The van der Waals surface area contributed by atoms with Gasteiger partial charge in [-0.1, -0.05) is 26.2 Å². The zero-order valence-corrected chi connectivity index (χ0v) is 16.4. The second kappa shape index (κ2) is 11.6. The Hall–Kier alpha value is 0.0169. The van der Waals surface area contributed by atoms with Crippen LogP contribution < -0.4 is 0 Å². The molecule has 3 unspecified atom stereocenters. The van der Waals surface area contributed by atoms with E-state index in [0.717, 1.165) is 44.8 Å². The molecule has 0 aromatic heterocycles. The Morgan fingerprint density at radius 1 is 1.00 bits per heavy atom. The lowest BCUT2D eigenvalue weighted by atomic mass is 9.84. The van der Waals surface area contributed by atoms with E-state index < -0.39 is 8.80 Å². The smallest absolute Gasteiger partial charge is 0.390 e. The van der Waals surface area contributed by atoms with E-state index in [0.29, 0.717) is 5.92 Å². The second-order valence-corrected chi connectivity index (χ2v) is 9.64. The van der Waals surface area contributed by atoms with Crippen LogP contribution in [0, 0.1) is 5.92 Å². The molecule has 23 heavy (non-hydrogen) atoms. The molecule has 0 bridgehead atoms. The lowest BCUT2D eigenvalue weighted by Gasteiger charge is -2.34. The first-order chi connectivity index (χ1) is 11.1. The summed E-state index contributed by atoms with van der Waals surface area (Å²) >= 11 is 0. The van der Waals surface area contributed by atoms with Gasteiger partial charge in [0.05, 0.1) is 12.2 Å². The van der Waals surface area contributed by atoms with Gasteiger partial charge in [-0.05, 0) is 38.0 Å². The number of hydrogen-bond acceptors (Lipinski definition) is 5. The van der Waals surface area contributed by atoms with Gasteiger partial charge in [0.1, 0.15) is 0 Å². The quantitative estimate of drug-likeness (QED) is 0.433. The lowest BCUT2D eigenvalue weighted by molar-refractivity contribution is -0.0727. The maximum atomic E-state index is 10.2. The first-order valence-corrected chi connectivity index (χ1v) is 11.0. The molecule has 1 fully saturated rings. The van der Waals surface area contributed by atoms with Crippen LogP contribution >= 0.6 is 0 Å². The largest absolute Gasteiger partial charge is 0.500 e. The molecule has 1 N–H and O–H groups in total. The van der Waals surface area contributed by atoms with E-state index >= 15 is 0 Å². The maximum Gasteiger partial charge on any atom is 0.500 e. The van der Waals surface area contributed by atoms with Crippen LogP contribution in [-0.4, -0.2) is 54.1 Å². The van der Waals surface area contributed by atoms with Crippen LogP contribution in [0.15, 0.2) is 0 Å². The maximum absolute atomic E-state index is 10.2. The number of aliphatic hydroxyl groups is 1. The molecule has 0 aromatic carbocycles. The highest BCUT2D eigenvalue weighted by Crippen LogP contribution is 2.32. The number of unbranched alkanes of at least 4 members (excludes halogenated alkanes) is 3. The van der Waals surface area contributed by atoms with Crippen molar-refractivity contribution in [2.45, 2.75) is 76.5 Å². The molecule has 0 amide bonds. The molecular formula is C17H36O5Si. The molecule has 1 saturated carbocycles. The van der Waals surface area contributed by atoms with Gasteiger partial charge < -0.3 is 23.1 Å². The third kappa shape index (κ3) is 7.19. The van der Waals surface area contributed by atoms with Crippen molar-refractivity contribution in [1.29, 1.82) is 0 Å². The third-order valence-electron chi connectivity index (χ3n) is 4.99. The van der Waals surface area contributed by atoms with Gasteiger partial charge in [-0.3, -0.25) is 0 Å². The summed E-state index contributed by atoms with van der Waals surface area (Å²) in [4.78, 5) is 0. The number of aliphatic hydroxyl groups excluding tert-OH is 1. The summed E-state index contributed by atoms with van der Waals surface area (Å²) in [7, 11) is 2.49. The Kier molecular flexibility index (Phi) is 10.6. The fraction of sp³-hybridized carbons (Fsp3) is 1.00. The molecular weight excluding hydrogens is 312 g/mol. The number of ether oxygens (including phenoxy) is 1. The topological polar surface area (TPSA) is 57.2 Å². The average molecular weight is 349 g/mol. The van der Waals surface area contributed by atoms with Crippen LogP contribution in [0.4, 0.5) is 0 Å². The number of rotatable bonds is 12. The van der Waals surface area contributed by atoms with Crippen molar-refractivity contribution in [2.75, 3.05) is 27.9 Å². The van der Waals surface area contributed by atoms with Gasteiger partial charge >= 0.3 is 8.80 Å². The molecule has 0 aromatic rings. The highest BCUT2D eigenvalue weighted by atomic mass is 28.4. The third-order valence-corrected chi connectivity index (χ3v) is 7.75. The Labute approximate surface area is 143 Å². The minimum atomic E-state index is -2.48. The Bertz CT molecular complexity index is 290. The molecule has 5 nitrogen and oxygen atoms in total. The van der Waals surface area contributed by atoms with E-state index in [1.807, 2.05) is 0 Å². The molecule has 3 atom stereocenters. The monoisotopic (exact) mass is 348 g/mol. The molecule has 6 heteroatoms. The molecule has 0 radical (unpaired) electrons. The van der Waals surface area contributed by atoms with E-state index in [1.165, 1.54) is 19.3 Å². The highest BCUT2D eigenvalue weighted by Gasteiger charge is 2.39. The zero-order valence-electron chi connectivity index (χ0n) is 15.4. The molecule has 0 saturated heterocycles. The van der Waals surface area contributed by atoms with Crippen LogP contribution in [-0.2, 0) is 18.0 Å². The Balaban J connectivity index is 2.35. The van der Waals surface area contributed by atoms with Crippen molar-refractivity contribution >= 4 is 8.80 Å². The van der Waals surface area contributed by atoms with Crippen molar-refractivity contribution < 1.29 is 23.1 Å². The summed E-state index contributed by atoms with van der Waals surface area (Å²) in [5.74, 6) is 0.548. The van der Waals surface area contributed by atoms with E-state index in [9.17, 15) is 5.11 Å². The summed E-state index contributed by atoms with van der Waals surface area (Å²) in [5, 5.41) is 10.2. The predicted octanol–water partition coefficient (Wildman–Crippen LogP) is 3.38. The molecule has 138 valence electrons. The standard InChI is InChI=1S/C17H36O5Si/c1-5-6-7-8-12-22-17-14-15(9-10-16(17)18)11-13-23(19-2,20-3)21-4/h15-18H,5-14H2,1-4H3. The predicted molar refractivity (Wildman–Crippen MR) is 93.4 cm³/mol. The van der Waals surface area contributed by atoms with Crippen molar-refractivity contribution in [2.24, 2.45) is 5.92 Å². The van der Waals surface area contributed by atoms with Crippen LogP contribution in [0.1, 0.15) is 58.3 Å². The van der Waals surface area contributed by atoms with Gasteiger partial charge in [0.15, 0.2) is 0 Å². The second-order valence-electron chi connectivity index (χ2n) is 6.55. The number of hydrogen-bond donors (Lipinski definition) is 1. The van der Waals surface area contributed by atoms with E-state index in [4.69, 9.17) is 18.0 Å². The van der Waals surface area contributed by atoms with Crippen LogP contribution in [0.5, 0.6) is 0 Å². The van der Waals surface area contributed by atoms with Gasteiger partial charge in [-0.25, -0.2) is 0 Å². The highest BCUT2D eigenvalue weighted by molar-refractivity contribution is 6.60.